The highest BCUT2D eigenvalue weighted by Crippen LogP contribution is 2.27. The van der Waals surface area contributed by atoms with E-state index < -0.39 is 0 Å². The van der Waals surface area contributed by atoms with Crippen molar-refractivity contribution in [1.29, 1.82) is 0 Å². The van der Waals surface area contributed by atoms with Gasteiger partial charge in [0.15, 0.2) is 0 Å². The number of benzene rings is 2. The molecule has 0 atom stereocenters. The molecular weight excluding hydrogens is 256 g/mol. The van der Waals surface area contributed by atoms with Gasteiger partial charge in [-0.05, 0) is 42.8 Å². The van der Waals surface area contributed by atoms with Crippen molar-refractivity contribution in [3.63, 3.8) is 0 Å². The van der Waals surface area contributed by atoms with Gasteiger partial charge in [-0.1, -0.05) is 29.8 Å². The van der Waals surface area contributed by atoms with Gasteiger partial charge in [0.2, 0.25) is 0 Å². The Labute approximate surface area is 117 Å². The van der Waals surface area contributed by atoms with Gasteiger partial charge in [0.1, 0.15) is 0 Å². The standard InChI is InChI=1S/C16H13ClN2/c1-11-3-2-4-14-15(9-10-18-16(11)14)19-13-7-5-12(17)6-8-13/h2-10H,1H3,(H,18,19). The van der Waals surface area contributed by atoms with Gasteiger partial charge in [-0.15, -0.1) is 0 Å². The summed E-state index contributed by atoms with van der Waals surface area (Å²) in [5.74, 6) is 0. The first-order valence-corrected chi connectivity index (χ1v) is 6.49. The number of hydrogen-bond donors (Lipinski definition) is 1. The third-order valence-corrected chi connectivity index (χ3v) is 3.35. The number of aromatic nitrogens is 1. The zero-order chi connectivity index (χ0) is 13.2. The van der Waals surface area contributed by atoms with Crippen LogP contribution in [-0.4, -0.2) is 4.98 Å². The summed E-state index contributed by atoms with van der Waals surface area (Å²) in [7, 11) is 0. The zero-order valence-electron chi connectivity index (χ0n) is 10.5. The van der Waals surface area contributed by atoms with E-state index >= 15 is 0 Å². The molecule has 3 heteroatoms. The Bertz CT molecular complexity index is 720. The average Bonchev–Trinajstić information content (AvgIpc) is 2.43. The molecule has 0 saturated carbocycles. The second kappa shape index (κ2) is 4.90. The van der Waals surface area contributed by atoms with Crippen LogP contribution in [0.25, 0.3) is 10.9 Å². The van der Waals surface area contributed by atoms with Crippen molar-refractivity contribution in [2.24, 2.45) is 0 Å². The van der Waals surface area contributed by atoms with Crippen LogP contribution in [-0.2, 0) is 0 Å². The van der Waals surface area contributed by atoms with Crippen LogP contribution in [0.2, 0.25) is 5.02 Å². The second-order valence-electron chi connectivity index (χ2n) is 4.46. The van der Waals surface area contributed by atoms with Gasteiger partial charge in [0.05, 0.1) is 5.52 Å². The van der Waals surface area contributed by atoms with Crippen molar-refractivity contribution in [3.05, 3.63) is 65.3 Å². The third-order valence-electron chi connectivity index (χ3n) is 3.10. The molecule has 1 N–H and O–H groups in total. The van der Waals surface area contributed by atoms with Crippen LogP contribution in [0.4, 0.5) is 11.4 Å². The predicted molar refractivity (Wildman–Crippen MR) is 81.2 cm³/mol. The van der Waals surface area contributed by atoms with Crippen LogP contribution < -0.4 is 5.32 Å². The van der Waals surface area contributed by atoms with Gasteiger partial charge in [-0.3, -0.25) is 4.98 Å². The number of hydrogen-bond acceptors (Lipinski definition) is 2. The monoisotopic (exact) mass is 268 g/mol. The summed E-state index contributed by atoms with van der Waals surface area (Å²) in [6, 6.07) is 15.9. The van der Waals surface area contributed by atoms with Crippen molar-refractivity contribution >= 4 is 33.9 Å². The molecule has 1 aromatic heterocycles. The van der Waals surface area contributed by atoms with E-state index in [9.17, 15) is 0 Å². The number of fused-ring (bicyclic) bond motifs is 1. The summed E-state index contributed by atoms with van der Waals surface area (Å²) in [4.78, 5) is 4.44. The Morgan fingerprint density at radius 1 is 1.00 bits per heavy atom. The number of rotatable bonds is 2. The Balaban J connectivity index is 2.06. The first-order valence-electron chi connectivity index (χ1n) is 6.11. The molecule has 94 valence electrons. The van der Waals surface area contributed by atoms with E-state index in [1.165, 1.54) is 5.56 Å². The van der Waals surface area contributed by atoms with Gasteiger partial charge >= 0.3 is 0 Å². The molecule has 19 heavy (non-hydrogen) atoms. The van der Waals surface area contributed by atoms with Crippen molar-refractivity contribution in [2.45, 2.75) is 6.92 Å². The SMILES string of the molecule is Cc1cccc2c(Nc3ccc(Cl)cc3)ccnc12. The normalized spacial score (nSPS) is 10.6. The predicted octanol–water partition coefficient (Wildman–Crippen LogP) is 4.94. The molecule has 0 aliphatic rings. The molecule has 2 nitrogen and oxygen atoms in total. The fourth-order valence-electron chi connectivity index (χ4n) is 2.12. The lowest BCUT2D eigenvalue weighted by atomic mass is 10.1. The summed E-state index contributed by atoms with van der Waals surface area (Å²) in [5, 5.41) is 5.26. The number of nitrogens with zero attached hydrogens (tertiary/aromatic N) is 1. The van der Waals surface area contributed by atoms with Crippen LogP contribution in [0, 0.1) is 6.92 Å². The van der Waals surface area contributed by atoms with Crippen LogP contribution in [0.3, 0.4) is 0 Å². The molecule has 1 heterocycles. The summed E-state index contributed by atoms with van der Waals surface area (Å²) >= 11 is 5.89. The van der Waals surface area contributed by atoms with E-state index in [2.05, 4.69) is 29.4 Å². The van der Waals surface area contributed by atoms with Gasteiger partial charge < -0.3 is 5.32 Å². The Hall–Kier alpha value is -2.06. The van der Waals surface area contributed by atoms with Crippen molar-refractivity contribution in [1.82, 2.24) is 4.98 Å². The molecule has 0 bridgehead atoms. The molecule has 0 fully saturated rings. The minimum Gasteiger partial charge on any atom is -0.355 e. The molecule has 0 unspecified atom stereocenters. The first kappa shape index (κ1) is 12.0. The van der Waals surface area contributed by atoms with Crippen LogP contribution in [0.1, 0.15) is 5.56 Å². The number of pyridine rings is 1. The van der Waals surface area contributed by atoms with Crippen LogP contribution in [0.15, 0.2) is 54.7 Å². The molecule has 3 rings (SSSR count). The molecule has 0 aliphatic heterocycles. The lowest BCUT2D eigenvalue weighted by molar-refractivity contribution is 1.36. The quantitative estimate of drug-likeness (QED) is 0.712. The van der Waals surface area contributed by atoms with E-state index in [1.54, 1.807) is 0 Å². The highest BCUT2D eigenvalue weighted by Gasteiger charge is 2.04. The number of nitrogens with one attached hydrogen (secondary N) is 1. The number of para-hydroxylation sites is 1. The van der Waals surface area contributed by atoms with E-state index in [1.807, 2.05) is 42.6 Å². The first-order chi connectivity index (χ1) is 9.24. The Morgan fingerprint density at radius 2 is 1.79 bits per heavy atom. The largest absolute Gasteiger partial charge is 0.355 e. The van der Waals surface area contributed by atoms with Crippen molar-refractivity contribution < 1.29 is 0 Å². The van der Waals surface area contributed by atoms with E-state index in [0.717, 1.165) is 27.3 Å². The van der Waals surface area contributed by atoms with Gasteiger partial charge in [0.25, 0.3) is 0 Å². The molecule has 0 saturated heterocycles. The van der Waals surface area contributed by atoms with Crippen molar-refractivity contribution in [3.8, 4) is 0 Å². The summed E-state index contributed by atoms with van der Waals surface area (Å²) in [5.41, 5.74) is 4.27. The van der Waals surface area contributed by atoms with Crippen LogP contribution >= 0.6 is 11.6 Å². The highest BCUT2D eigenvalue weighted by molar-refractivity contribution is 6.30. The number of anilines is 2. The average molecular weight is 269 g/mol. The molecule has 0 amide bonds. The smallest absolute Gasteiger partial charge is 0.0751 e. The Kier molecular flexibility index (Phi) is 3.10. The lowest BCUT2D eigenvalue weighted by Gasteiger charge is -2.10. The van der Waals surface area contributed by atoms with E-state index in [-0.39, 0.29) is 0 Å². The maximum Gasteiger partial charge on any atom is 0.0751 e. The van der Waals surface area contributed by atoms with Gasteiger partial charge in [-0.2, -0.15) is 0 Å². The minimum absolute atomic E-state index is 0.737. The summed E-state index contributed by atoms with van der Waals surface area (Å²) < 4.78 is 0. The number of aryl methyl sites for hydroxylation is 1. The second-order valence-corrected chi connectivity index (χ2v) is 4.90. The van der Waals surface area contributed by atoms with Crippen LogP contribution in [0.5, 0.6) is 0 Å². The third kappa shape index (κ3) is 2.40. The molecule has 2 aromatic carbocycles. The maximum absolute atomic E-state index is 5.89. The molecule has 0 radical (unpaired) electrons. The topological polar surface area (TPSA) is 24.9 Å². The fraction of sp³-hybridized carbons (Fsp3) is 0.0625. The summed E-state index contributed by atoms with van der Waals surface area (Å²) in [6.07, 6.45) is 1.83. The van der Waals surface area contributed by atoms with E-state index in [0.29, 0.717) is 0 Å². The van der Waals surface area contributed by atoms with Crippen molar-refractivity contribution in [2.75, 3.05) is 5.32 Å². The van der Waals surface area contributed by atoms with Gasteiger partial charge in [0, 0.05) is 28.0 Å². The molecule has 3 aromatic rings. The Morgan fingerprint density at radius 3 is 2.58 bits per heavy atom. The molecular formula is C16H13ClN2. The number of halogens is 1. The van der Waals surface area contributed by atoms with Gasteiger partial charge in [-0.25, -0.2) is 0 Å². The van der Waals surface area contributed by atoms with E-state index in [4.69, 9.17) is 11.6 Å². The lowest BCUT2D eigenvalue weighted by Crippen LogP contribution is -1.93. The summed E-state index contributed by atoms with van der Waals surface area (Å²) in [6.45, 7) is 2.07. The minimum atomic E-state index is 0.737. The molecule has 0 aliphatic carbocycles. The highest BCUT2D eigenvalue weighted by atomic mass is 35.5. The maximum atomic E-state index is 5.89. The fourth-order valence-corrected chi connectivity index (χ4v) is 2.25. The zero-order valence-corrected chi connectivity index (χ0v) is 11.3. The molecule has 0 spiro atoms.